The van der Waals surface area contributed by atoms with Crippen LogP contribution >= 0.6 is 0 Å². The van der Waals surface area contributed by atoms with Crippen LogP contribution in [-0.2, 0) is 20.9 Å². The van der Waals surface area contributed by atoms with Gasteiger partial charge >= 0.3 is 5.69 Å². The van der Waals surface area contributed by atoms with Crippen molar-refractivity contribution in [3.05, 3.63) is 59.0 Å². The minimum absolute atomic E-state index is 0.0144. The van der Waals surface area contributed by atoms with Gasteiger partial charge in [-0.15, -0.1) is 0 Å². The van der Waals surface area contributed by atoms with E-state index in [0.29, 0.717) is 25.9 Å². The Morgan fingerprint density at radius 1 is 1.05 bits per heavy atom. The van der Waals surface area contributed by atoms with Crippen LogP contribution in [0.1, 0.15) is 32.1 Å². The second kappa shape index (κ2) is 9.70. The standard InChI is InChI=1S/C28H33N5O4/c34-25(6-3-13-32-23-5-2-1-4-22(23)30-27(32)36)33-19-28(11-12-28)18-24(33)26(35)29-20-7-9-21(10-8-20)31-14-16-37-17-15-31/h1-2,4-5,7-10,24H,3,6,11-19H2,(H,29,35)(H,30,36)/t24-/m0/s1. The molecule has 6 rings (SSSR count). The molecule has 3 heterocycles. The third kappa shape index (κ3) is 4.87. The Kier molecular flexibility index (Phi) is 6.24. The average molecular weight is 504 g/mol. The summed E-state index contributed by atoms with van der Waals surface area (Å²) in [6, 6.07) is 15.0. The number of nitrogens with one attached hydrogen (secondary N) is 2. The van der Waals surface area contributed by atoms with E-state index in [4.69, 9.17) is 4.74 Å². The fraction of sp³-hybridized carbons (Fsp3) is 0.464. The van der Waals surface area contributed by atoms with Gasteiger partial charge < -0.3 is 24.8 Å². The van der Waals surface area contributed by atoms with E-state index in [1.54, 1.807) is 9.47 Å². The van der Waals surface area contributed by atoms with Gasteiger partial charge in [0.15, 0.2) is 0 Å². The summed E-state index contributed by atoms with van der Waals surface area (Å²) in [7, 11) is 0. The number of para-hydroxylation sites is 2. The first-order valence-electron chi connectivity index (χ1n) is 13.2. The predicted molar refractivity (Wildman–Crippen MR) is 142 cm³/mol. The summed E-state index contributed by atoms with van der Waals surface area (Å²) >= 11 is 0. The lowest BCUT2D eigenvalue weighted by Crippen LogP contribution is -2.43. The molecule has 1 aliphatic carbocycles. The maximum absolute atomic E-state index is 13.3. The largest absolute Gasteiger partial charge is 0.378 e. The molecule has 9 nitrogen and oxygen atoms in total. The molecule has 37 heavy (non-hydrogen) atoms. The van der Waals surface area contributed by atoms with Crippen LogP contribution in [-0.4, -0.2) is 65.2 Å². The minimum atomic E-state index is -0.454. The molecule has 2 N–H and O–H groups in total. The van der Waals surface area contributed by atoms with Gasteiger partial charge in [0.25, 0.3) is 0 Å². The number of rotatable bonds is 7. The number of aromatic amines is 1. The summed E-state index contributed by atoms with van der Waals surface area (Å²) in [6.45, 7) is 4.28. The molecule has 3 aromatic rings. The molecule has 1 atom stereocenters. The fourth-order valence-corrected chi connectivity index (χ4v) is 5.76. The minimum Gasteiger partial charge on any atom is -0.378 e. The summed E-state index contributed by atoms with van der Waals surface area (Å²) in [5.74, 6) is -0.136. The highest BCUT2D eigenvalue weighted by Gasteiger charge is 2.55. The lowest BCUT2D eigenvalue weighted by atomic mass is 10.0. The van der Waals surface area contributed by atoms with Crippen LogP contribution in [0.5, 0.6) is 0 Å². The number of aromatic nitrogens is 2. The van der Waals surface area contributed by atoms with Crippen LogP contribution in [0.4, 0.5) is 11.4 Å². The molecule has 2 amide bonds. The van der Waals surface area contributed by atoms with Crippen molar-refractivity contribution in [1.29, 1.82) is 0 Å². The number of ether oxygens (including phenoxy) is 1. The number of carbonyl (C=O) groups excluding carboxylic acids is 2. The number of imidazole rings is 1. The lowest BCUT2D eigenvalue weighted by Gasteiger charge is -2.29. The molecule has 1 aromatic heterocycles. The van der Waals surface area contributed by atoms with Crippen molar-refractivity contribution >= 4 is 34.2 Å². The molecule has 3 aliphatic rings. The third-order valence-electron chi connectivity index (χ3n) is 8.05. The number of H-pyrrole nitrogens is 1. The average Bonchev–Trinajstić information content (AvgIpc) is 3.45. The number of hydrogen-bond donors (Lipinski definition) is 2. The molecule has 1 spiro atoms. The summed E-state index contributed by atoms with van der Waals surface area (Å²) in [5, 5.41) is 3.04. The topological polar surface area (TPSA) is 99.7 Å². The first-order valence-corrected chi connectivity index (χ1v) is 13.2. The van der Waals surface area contributed by atoms with E-state index in [1.807, 2.05) is 48.5 Å². The van der Waals surface area contributed by atoms with Crippen molar-refractivity contribution < 1.29 is 14.3 Å². The van der Waals surface area contributed by atoms with Gasteiger partial charge in [-0.05, 0) is 67.5 Å². The van der Waals surface area contributed by atoms with Gasteiger partial charge in [-0.1, -0.05) is 12.1 Å². The molecular weight excluding hydrogens is 470 g/mol. The zero-order valence-electron chi connectivity index (χ0n) is 20.9. The van der Waals surface area contributed by atoms with Crippen LogP contribution in [0, 0.1) is 5.41 Å². The van der Waals surface area contributed by atoms with Crippen LogP contribution in [0.25, 0.3) is 11.0 Å². The highest BCUT2D eigenvalue weighted by Crippen LogP contribution is 2.55. The quantitative estimate of drug-likeness (QED) is 0.517. The van der Waals surface area contributed by atoms with Crippen molar-refractivity contribution in [1.82, 2.24) is 14.5 Å². The number of fused-ring (bicyclic) bond motifs is 1. The Balaban J connectivity index is 1.08. The zero-order chi connectivity index (χ0) is 25.4. The highest BCUT2D eigenvalue weighted by molar-refractivity contribution is 5.98. The monoisotopic (exact) mass is 503 g/mol. The van der Waals surface area contributed by atoms with Gasteiger partial charge in [0.1, 0.15) is 6.04 Å². The number of nitrogens with zero attached hydrogens (tertiary/aromatic N) is 3. The first kappa shape index (κ1) is 23.8. The predicted octanol–water partition coefficient (Wildman–Crippen LogP) is 2.97. The van der Waals surface area contributed by atoms with E-state index in [2.05, 4.69) is 15.2 Å². The Labute approximate surface area is 215 Å². The number of benzene rings is 2. The van der Waals surface area contributed by atoms with Crippen molar-refractivity contribution in [3.63, 3.8) is 0 Å². The van der Waals surface area contributed by atoms with Gasteiger partial charge in [-0.2, -0.15) is 0 Å². The molecule has 0 radical (unpaired) electrons. The van der Waals surface area contributed by atoms with Crippen molar-refractivity contribution in [3.8, 4) is 0 Å². The number of anilines is 2. The van der Waals surface area contributed by atoms with Gasteiger partial charge in [-0.3, -0.25) is 14.2 Å². The van der Waals surface area contributed by atoms with E-state index in [9.17, 15) is 14.4 Å². The van der Waals surface area contributed by atoms with Crippen LogP contribution in [0.2, 0.25) is 0 Å². The first-order chi connectivity index (χ1) is 18.0. The van der Waals surface area contributed by atoms with Gasteiger partial charge in [-0.25, -0.2) is 4.79 Å². The van der Waals surface area contributed by atoms with Crippen LogP contribution < -0.4 is 15.9 Å². The maximum atomic E-state index is 13.3. The highest BCUT2D eigenvalue weighted by atomic mass is 16.5. The van der Waals surface area contributed by atoms with E-state index < -0.39 is 6.04 Å². The fourth-order valence-electron chi connectivity index (χ4n) is 5.76. The van der Waals surface area contributed by atoms with Gasteiger partial charge in [0.05, 0.1) is 24.2 Å². The Bertz CT molecular complexity index is 1350. The van der Waals surface area contributed by atoms with E-state index >= 15 is 0 Å². The SMILES string of the molecule is O=C(Nc1ccc(N2CCOCC2)cc1)[C@@H]1CC2(CC2)CN1C(=O)CCCn1c(=O)[nH]c2ccccc21. The van der Waals surface area contributed by atoms with Gasteiger partial charge in [0.2, 0.25) is 11.8 Å². The maximum Gasteiger partial charge on any atom is 0.326 e. The molecule has 2 saturated heterocycles. The van der Waals surface area contributed by atoms with Crippen LogP contribution in [0.3, 0.4) is 0 Å². The third-order valence-corrected chi connectivity index (χ3v) is 8.05. The van der Waals surface area contributed by atoms with E-state index in [-0.39, 0.29) is 22.9 Å². The number of hydrogen-bond acceptors (Lipinski definition) is 5. The number of morpholine rings is 1. The summed E-state index contributed by atoms with van der Waals surface area (Å²) in [4.78, 5) is 45.8. The molecule has 2 aliphatic heterocycles. The van der Waals surface area contributed by atoms with Crippen molar-refractivity contribution in [2.24, 2.45) is 5.41 Å². The molecule has 2 aromatic carbocycles. The number of amides is 2. The molecule has 194 valence electrons. The van der Waals surface area contributed by atoms with Crippen molar-refractivity contribution in [2.45, 2.75) is 44.7 Å². The molecule has 0 bridgehead atoms. The molecule has 0 unspecified atom stereocenters. The molecule has 9 heteroatoms. The van der Waals surface area contributed by atoms with Gasteiger partial charge in [0, 0.05) is 44.0 Å². The summed E-state index contributed by atoms with van der Waals surface area (Å²) in [5.41, 5.74) is 3.43. The smallest absolute Gasteiger partial charge is 0.326 e. The summed E-state index contributed by atoms with van der Waals surface area (Å²) in [6.07, 6.45) is 3.71. The van der Waals surface area contributed by atoms with Crippen molar-refractivity contribution in [2.75, 3.05) is 43.1 Å². The molecular formula is C28H33N5O4. The number of likely N-dealkylation sites (tertiary alicyclic amines) is 1. The number of carbonyl (C=O) groups is 2. The molecule has 3 fully saturated rings. The van der Waals surface area contributed by atoms with E-state index in [0.717, 1.165) is 68.0 Å². The lowest BCUT2D eigenvalue weighted by molar-refractivity contribution is -0.136. The van der Waals surface area contributed by atoms with Crippen LogP contribution in [0.15, 0.2) is 53.3 Å². The summed E-state index contributed by atoms with van der Waals surface area (Å²) < 4.78 is 7.10. The van der Waals surface area contributed by atoms with E-state index in [1.165, 1.54) is 0 Å². The Morgan fingerprint density at radius 3 is 2.57 bits per heavy atom. The molecule has 1 saturated carbocycles. The number of aryl methyl sites for hydroxylation is 1. The normalized spacial score (nSPS) is 20.5. The Hall–Kier alpha value is -3.59. The second-order valence-electron chi connectivity index (χ2n) is 10.6. The second-order valence-corrected chi connectivity index (χ2v) is 10.6. The Morgan fingerprint density at radius 2 is 1.81 bits per heavy atom. The zero-order valence-corrected chi connectivity index (χ0v) is 20.9.